The summed E-state index contributed by atoms with van der Waals surface area (Å²) in [6.07, 6.45) is 1.31. The second kappa shape index (κ2) is 6.71. The SMILES string of the molecule is COc1ccc(/C=N/Nc2nc(O)c(CC(=O)O)s2)cc1. The molecule has 0 fully saturated rings. The van der Waals surface area contributed by atoms with E-state index in [-0.39, 0.29) is 17.2 Å². The van der Waals surface area contributed by atoms with Crippen LogP contribution in [-0.2, 0) is 11.2 Å². The van der Waals surface area contributed by atoms with Crippen molar-refractivity contribution >= 4 is 28.7 Å². The molecule has 0 aliphatic rings. The van der Waals surface area contributed by atoms with Crippen molar-refractivity contribution in [3.05, 3.63) is 34.7 Å². The van der Waals surface area contributed by atoms with Gasteiger partial charge in [0.25, 0.3) is 0 Å². The van der Waals surface area contributed by atoms with Crippen molar-refractivity contribution in [1.29, 1.82) is 0 Å². The lowest BCUT2D eigenvalue weighted by molar-refractivity contribution is -0.136. The maximum atomic E-state index is 10.6. The molecular formula is C13H13N3O4S. The molecule has 0 unspecified atom stereocenters. The molecule has 0 amide bonds. The van der Waals surface area contributed by atoms with Gasteiger partial charge in [-0.25, -0.2) is 0 Å². The van der Waals surface area contributed by atoms with Crippen molar-refractivity contribution in [3.63, 3.8) is 0 Å². The molecule has 8 heteroatoms. The molecule has 0 saturated heterocycles. The molecule has 1 heterocycles. The molecule has 1 aromatic carbocycles. The van der Waals surface area contributed by atoms with E-state index in [4.69, 9.17) is 9.84 Å². The van der Waals surface area contributed by atoms with E-state index in [0.717, 1.165) is 22.6 Å². The highest BCUT2D eigenvalue weighted by molar-refractivity contribution is 7.16. The number of carboxylic acid groups (broad SMARTS) is 1. The summed E-state index contributed by atoms with van der Waals surface area (Å²) in [7, 11) is 1.59. The lowest BCUT2D eigenvalue weighted by Gasteiger charge is -1.98. The molecule has 0 atom stereocenters. The topological polar surface area (TPSA) is 104 Å². The monoisotopic (exact) mass is 307 g/mol. The minimum Gasteiger partial charge on any atom is -0.497 e. The number of carboxylic acids is 1. The number of ether oxygens (including phenoxy) is 1. The van der Waals surface area contributed by atoms with Gasteiger partial charge in [-0.1, -0.05) is 11.3 Å². The minimum atomic E-state index is -1.03. The highest BCUT2D eigenvalue weighted by atomic mass is 32.1. The van der Waals surface area contributed by atoms with Crippen molar-refractivity contribution in [2.75, 3.05) is 12.5 Å². The summed E-state index contributed by atoms with van der Waals surface area (Å²) in [5, 5.41) is 22.5. The Hall–Kier alpha value is -2.61. The van der Waals surface area contributed by atoms with Crippen LogP contribution in [0.4, 0.5) is 5.13 Å². The Bertz CT molecular complexity index is 652. The van der Waals surface area contributed by atoms with Gasteiger partial charge in [0.1, 0.15) is 5.75 Å². The highest BCUT2D eigenvalue weighted by Gasteiger charge is 2.12. The normalized spacial score (nSPS) is 10.7. The Labute approximate surface area is 124 Å². The van der Waals surface area contributed by atoms with Crippen LogP contribution in [0.1, 0.15) is 10.4 Å². The van der Waals surface area contributed by atoms with E-state index in [0.29, 0.717) is 5.13 Å². The van der Waals surface area contributed by atoms with Crippen molar-refractivity contribution in [2.45, 2.75) is 6.42 Å². The number of nitrogens with one attached hydrogen (secondary N) is 1. The van der Waals surface area contributed by atoms with Gasteiger partial charge in [-0.2, -0.15) is 10.1 Å². The molecule has 0 spiro atoms. The molecule has 3 N–H and O–H groups in total. The van der Waals surface area contributed by atoms with Crippen LogP contribution in [-0.4, -0.2) is 34.5 Å². The zero-order valence-electron chi connectivity index (χ0n) is 11.1. The Balaban J connectivity index is 1.98. The molecule has 0 aliphatic heterocycles. The third-order valence-electron chi connectivity index (χ3n) is 2.48. The van der Waals surface area contributed by atoms with Crippen LogP contribution in [0.25, 0.3) is 0 Å². The molecule has 0 bridgehead atoms. The second-order valence-corrected chi connectivity index (χ2v) is 5.06. The Morgan fingerprint density at radius 1 is 1.48 bits per heavy atom. The van der Waals surface area contributed by atoms with Gasteiger partial charge in [0.15, 0.2) is 0 Å². The second-order valence-electron chi connectivity index (χ2n) is 3.98. The van der Waals surface area contributed by atoms with E-state index in [1.807, 2.05) is 24.3 Å². The number of hydrazone groups is 1. The average molecular weight is 307 g/mol. The summed E-state index contributed by atoms with van der Waals surface area (Å²) < 4.78 is 5.05. The Kier molecular flexibility index (Phi) is 4.72. The predicted molar refractivity (Wildman–Crippen MR) is 79.3 cm³/mol. The van der Waals surface area contributed by atoms with Crippen LogP contribution in [0, 0.1) is 0 Å². The van der Waals surface area contributed by atoms with Crippen LogP contribution >= 0.6 is 11.3 Å². The zero-order valence-corrected chi connectivity index (χ0v) is 11.9. The molecule has 2 rings (SSSR count). The lowest BCUT2D eigenvalue weighted by atomic mass is 10.2. The summed E-state index contributed by atoms with van der Waals surface area (Å²) in [5.41, 5.74) is 3.51. The van der Waals surface area contributed by atoms with Crippen molar-refractivity contribution < 1.29 is 19.7 Å². The van der Waals surface area contributed by atoms with Gasteiger partial charge in [-0.15, -0.1) is 0 Å². The van der Waals surface area contributed by atoms with Crippen LogP contribution in [0.15, 0.2) is 29.4 Å². The fourth-order valence-electron chi connectivity index (χ4n) is 1.50. The number of rotatable bonds is 6. The molecule has 21 heavy (non-hydrogen) atoms. The Morgan fingerprint density at radius 2 is 2.19 bits per heavy atom. The predicted octanol–water partition coefficient (Wildman–Crippen LogP) is 1.93. The van der Waals surface area contributed by atoms with Crippen LogP contribution in [0.3, 0.4) is 0 Å². The summed E-state index contributed by atoms with van der Waals surface area (Å²) in [4.78, 5) is 14.7. The van der Waals surface area contributed by atoms with E-state index < -0.39 is 5.97 Å². The number of hydrogen-bond donors (Lipinski definition) is 3. The number of benzene rings is 1. The molecular weight excluding hydrogens is 294 g/mol. The summed E-state index contributed by atoms with van der Waals surface area (Å²) >= 11 is 1.04. The van der Waals surface area contributed by atoms with Gasteiger partial charge < -0.3 is 14.9 Å². The molecule has 0 radical (unpaired) electrons. The molecule has 7 nitrogen and oxygen atoms in total. The summed E-state index contributed by atoms with van der Waals surface area (Å²) in [6.45, 7) is 0. The third kappa shape index (κ3) is 4.18. The van der Waals surface area contributed by atoms with E-state index in [1.54, 1.807) is 13.3 Å². The van der Waals surface area contributed by atoms with Gasteiger partial charge in [0, 0.05) is 0 Å². The number of thiazole rings is 1. The number of aromatic hydroxyl groups is 1. The number of nitrogens with zero attached hydrogens (tertiary/aromatic N) is 2. The first-order valence-electron chi connectivity index (χ1n) is 5.92. The first-order chi connectivity index (χ1) is 10.1. The minimum absolute atomic E-state index is 0.270. The van der Waals surface area contributed by atoms with Gasteiger partial charge in [0.2, 0.25) is 11.0 Å². The van der Waals surface area contributed by atoms with Gasteiger partial charge in [-0.05, 0) is 29.8 Å². The molecule has 0 saturated carbocycles. The van der Waals surface area contributed by atoms with Crippen LogP contribution < -0.4 is 10.2 Å². The smallest absolute Gasteiger partial charge is 0.308 e. The van der Waals surface area contributed by atoms with Crippen LogP contribution in [0.5, 0.6) is 11.6 Å². The number of methoxy groups -OCH3 is 1. The lowest BCUT2D eigenvalue weighted by Crippen LogP contribution is -1.97. The number of aromatic nitrogens is 1. The quantitative estimate of drug-likeness (QED) is 0.556. The maximum absolute atomic E-state index is 10.6. The molecule has 1 aromatic heterocycles. The average Bonchev–Trinajstić information content (AvgIpc) is 2.79. The summed E-state index contributed by atoms with van der Waals surface area (Å²) in [6, 6.07) is 7.28. The van der Waals surface area contributed by atoms with Crippen molar-refractivity contribution in [1.82, 2.24) is 4.98 Å². The van der Waals surface area contributed by atoms with E-state index in [9.17, 15) is 9.90 Å². The van der Waals surface area contributed by atoms with E-state index >= 15 is 0 Å². The fourth-order valence-corrected chi connectivity index (χ4v) is 2.29. The van der Waals surface area contributed by atoms with Gasteiger partial charge in [0.05, 0.1) is 24.6 Å². The fraction of sp³-hybridized carbons (Fsp3) is 0.154. The maximum Gasteiger partial charge on any atom is 0.308 e. The molecule has 110 valence electrons. The number of carbonyl (C=O) groups is 1. The molecule has 0 aliphatic carbocycles. The largest absolute Gasteiger partial charge is 0.497 e. The van der Waals surface area contributed by atoms with Crippen molar-refractivity contribution in [3.8, 4) is 11.6 Å². The standard InChI is InChI=1S/C13H13N3O4S/c1-20-9-4-2-8(3-5-9)7-14-16-13-15-12(19)10(21-13)6-11(17)18/h2-5,7,19H,6H2,1H3,(H,15,16)(H,17,18)/b14-7+. The van der Waals surface area contributed by atoms with Crippen molar-refractivity contribution in [2.24, 2.45) is 5.10 Å². The van der Waals surface area contributed by atoms with Gasteiger partial charge in [-0.3, -0.25) is 10.2 Å². The van der Waals surface area contributed by atoms with Crippen LogP contribution in [0.2, 0.25) is 0 Å². The summed E-state index contributed by atoms with van der Waals surface area (Å²) in [5.74, 6) is -0.560. The van der Waals surface area contributed by atoms with E-state index in [2.05, 4.69) is 15.5 Å². The zero-order chi connectivity index (χ0) is 15.2. The first kappa shape index (κ1) is 14.8. The third-order valence-corrected chi connectivity index (χ3v) is 3.43. The Morgan fingerprint density at radius 3 is 2.81 bits per heavy atom. The first-order valence-corrected chi connectivity index (χ1v) is 6.73. The molecule has 2 aromatic rings. The number of aliphatic carboxylic acids is 1. The van der Waals surface area contributed by atoms with E-state index in [1.165, 1.54) is 0 Å². The highest BCUT2D eigenvalue weighted by Crippen LogP contribution is 2.28. The number of anilines is 1. The number of hydrogen-bond acceptors (Lipinski definition) is 7. The van der Waals surface area contributed by atoms with Gasteiger partial charge >= 0.3 is 5.97 Å².